The fourth-order valence-electron chi connectivity index (χ4n) is 1.13. The van der Waals surface area contributed by atoms with Crippen molar-refractivity contribution in [2.24, 2.45) is 0 Å². The van der Waals surface area contributed by atoms with Crippen LogP contribution in [-0.2, 0) is 4.74 Å². The lowest BCUT2D eigenvalue weighted by atomic mass is 10.2. The highest BCUT2D eigenvalue weighted by Crippen LogP contribution is 2.08. The summed E-state index contributed by atoms with van der Waals surface area (Å²) >= 11 is 0. The van der Waals surface area contributed by atoms with E-state index in [0.29, 0.717) is 13.2 Å². The second-order valence-corrected chi connectivity index (χ2v) is 3.15. The Bertz CT molecular complexity index is 350. The number of carbonyl (C=O) groups is 1. The maximum Gasteiger partial charge on any atom is 0.254 e. The minimum Gasteiger partial charge on any atom is -0.371 e. The molecule has 1 fully saturated rings. The first-order chi connectivity index (χ1) is 6.77. The number of hydrogen-bond donors (Lipinski definition) is 1. The molecule has 1 N–H and O–H groups in total. The monoisotopic (exact) mass is 195 g/mol. The van der Waals surface area contributed by atoms with Crippen LogP contribution in [0, 0.1) is 5.82 Å². The Hall–Kier alpha value is -1.42. The molecule has 1 aromatic rings. The van der Waals surface area contributed by atoms with Gasteiger partial charge in [-0.15, -0.1) is 0 Å². The van der Waals surface area contributed by atoms with Crippen molar-refractivity contribution < 1.29 is 13.9 Å². The molecule has 0 unspecified atom stereocenters. The van der Waals surface area contributed by atoms with Crippen molar-refractivity contribution in [3.8, 4) is 0 Å². The topological polar surface area (TPSA) is 41.6 Å². The fraction of sp³-hybridized carbons (Fsp3) is 0.300. The van der Waals surface area contributed by atoms with E-state index in [1.165, 1.54) is 12.1 Å². The molecule has 1 amide bonds. The van der Waals surface area contributed by atoms with E-state index in [2.05, 4.69) is 5.32 Å². The molecule has 0 radical (unpaired) electrons. The molecule has 1 aromatic carbocycles. The summed E-state index contributed by atoms with van der Waals surface area (Å²) in [5.41, 5.74) is 0.0770. The predicted molar refractivity (Wildman–Crippen MR) is 48.5 cm³/mol. The van der Waals surface area contributed by atoms with Crippen molar-refractivity contribution in [2.75, 3.05) is 13.2 Å². The van der Waals surface area contributed by atoms with Crippen LogP contribution >= 0.6 is 0 Å². The number of amides is 1. The molecule has 0 saturated carbocycles. The van der Waals surface area contributed by atoms with E-state index in [-0.39, 0.29) is 11.7 Å². The molecular weight excluding hydrogens is 185 g/mol. The predicted octanol–water partition coefficient (Wildman–Crippen LogP) is 0.954. The summed E-state index contributed by atoms with van der Waals surface area (Å²) in [7, 11) is 0. The Balaban J connectivity index is 1.98. The third kappa shape index (κ3) is 2.09. The summed E-state index contributed by atoms with van der Waals surface area (Å²) in [6.45, 7) is 1.13. The first-order valence-electron chi connectivity index (χ1n) is 4.41. The summed E-state index contributed by atoms with van der Waals surface area (Å²) in [6, 6.07) is 5.91. The van der Waals surface area contributed by atoms with E-state index in [9.17, 15) is 9.18 Å². The SMILES string of the molecule is O=C(NC[C@H]1CO1)c1ccccc1F. The first kappa shape index (κ1) is 9.15. The van der Waals surface area contributed by atoms with Gasteiger partial charge in [0.05, 0.1) is 18.3 Å². The number of carbonyl (C=O) groups excluding carboxylic acids is 1. The highest BCUT2D eigenvalue weighted by Gasteiger charge is 2.23. The van der Waals surface area contributed by atoms with Gasteiger partial charge in [-0.3, -0.25) is 4.79 Å². The molecule has 1 saturated heterocycles. The van der Waals surface area contributed by atoms with E-state index in [0.717, 1.165) is 0 Å². The Morgan fingerprint density at radius 3 is 2.93 bits per heavy atom. The van der Waals surface area contributed by atoms with Gasteiger partial charge in [-0.1, -0.05) is 12.1 Å². The zero-order valence-electron chi connectivity index (χ0n) is 7.50. The normalized spacial score (nSPS) is 19.1. The molecule has 1 atom stereocenters. The zero-order chi connectivity index (χ0) is 9.97. The largest absolute Gasteiger partial charge is 0.371 e. The number of ether oxygens (including phenoxy) is 1. The highest BCUT2D eigenvalue weighted by atomic mass is 19.1. The second-order valence-electron chi connectivity index (χ2n) is 3.15. The zero-order valence-corrected chi connectivity index (χ0v) is 7.50. The van der Waals surface area contributed by atoms with Gasteiger partial charge in [-0.2, -0.15) is 0 Å². The summed E-state index contributed by atoms with van der Waals surface area (Å²) in [5, 5.41) is 2.60. The quantitative estimate of drug-likeness (QED) is 0.730. The molecule has 1 heterocycles. The lowest BCUT2D eigenvalue weighted by molar-refractivity contribution is 0.0946. The van der Waals surface area contributed by atoms with Gasteiger partial charge in [0.2, 0.25) is 0 Å². The number of nitrogens with one attached hydrogen (secondary N) is 1. The third-order valence-electron chi connectivity index (χ3n) is 2.01. The molecule has 1 aliphatic rings. The van der Waals surface area contributed by atoms with Crippen molar-refractivity contribution in [3.05, 3.63) is 35.6 Å². The summed E-state index contributed by atoms with van der Waals surface area (Å²) < 4.78 is 18.0. The standard InChI is InChI=1S/C10H10FNO2/c11-9-4-2-1-3-8(9)10(13)12-5-7-6-14-7/h1-4,7H,5-6H2,(H,12,13)/t7-/m0/s1. The molecule has 0 spiro atoms. The number of epoxide rings is 1. The van der Waals surface area contributed by atoms with Crippen molar-refractivity contribution in [1.82, 2.24) is 5.32 Å². The minimum absolute atomic E-state index is 0.0770. The molecule has 3 nitrogen and oxygen atoms in total. The van der Waals surface area contributed by atoms with E-state index in [4.69, 9.17) is 4.74 Å². The molecular formula is C10H10FNO2. The summed E-state index contributed by atoms with van der Waals surface area (Å²) in [4.78, 5) is 11.4. The van der Waals surface area contributed by atoms with Crippen molar-refractivity contribution in [2.45, 2.75) is 6.10 Å². The maximum atomic E-state index is 13.1. The lowest BCUT2D eigenvalue weighted by Gasteiger charge is -2.03. The average Bonchev–Trinajstić information content (AvgIpc) is 2.98. The van der Waals surface area contributed by atoms with E-state index in [1.807, 2.05) is 0 Å². The number of halogens is 1. The van der Waals surface area contributed by atoms with Crippen LogP contribution < -0.4 is 5.32 Å². The molecule has 0 aliphatic carbocycles. The van der Waals surface area contributed by atoms with Crippen LogP contribution in [0.5, 0.6) is 0 Å². The molecule has 2 rings (SSSR count). The van der Waals surface area contributed by atoms with Gasteiger partial charge in [0, 0.05) is 6.54 Å². The minimum atomic E-state index is -0.498. The number of hydrogen-bond acceptors (Lipinski definition) is 2. The van der Waals surface area contributed by atoms with Crippen molar-refractivity contribution in [1.29, 1.82) is 0 Å². The molecule has 1 aliphatic heterocycles. The van der Waals surface area contributed by atoms with Gasteiger partial charge >= 0.3 is 0 Å². The molecule has 4 heteroatoms. The van der Waals surface area contributed by atoms with Gasteiger partial charge < -0.3 is 10.1 Å². The molecule has 14 heavy (non-hydrogen) atoms. The first-order valence-corrected chi connectivity index (χ1v) is 4.41. The van der Waals surface area contributed by atoms with E-state index < -0.39 is 11.7 Å². The van der Waals surface area contributed by atoms with Gasteiger partial charge in [0.25, 0.3) is 5.91 Å². The average molecular weight is 195 g/mol. The Kier molecular flexibility index (Phi) is 2.45. The van der Waals surface area contributed by atoms with Crippen LogP contribution in [0.3, 0.4) is 0 Å². The Morgan fingerprint density at radius 2 is 2.29 bits per heavy atom. The van der Waals surface area contributed by atoms with E-state index in [1.54, 1.807) is 12.1 Å². The lowest BCUT2D eigenvalue weighted by Crippen LogP contribution is -2.28. The third-order valence-corrected chi connectivity index (χ3v) is 2.01. The van der Waals surface area contributed by atoms with Crippen LogP contribution in [0.25, 0.3) is 0 Å². The van der Waals surface area contributed by atoms with Crippen molar-refractivity contribution >= 4 is 5.91 Å². The van der Waals surface area contributed by atoms with Crippen molar-refractivity contribution in [3.63, 3.8) is 0 Å². The number of benzene rings is 1. The summed E-state index contributed by atoms with van der Waals surface area (Å²) in [5.74, 6) is -0.889. The van der Waals surface area contributed by atoms with Gasteiger partial charge in [-0.05, 0) is 12.1 Å². The van der Waals surface area contributed by atoms with Gasteiger partial charge in [0.1, 0.15) is 5.82 Å². The smallest absolute Gasteiger partial charge is 0.254 e. The van der Waals surface area contributed by atoms with Crippen LogP contribution in [0.1, 0.15) is 10.4 Å². The van der Waals surface area contributed by atoms with Crippen LogP contribution in [-0.4, -0.2) is 25.2 Å². The van der Waals surface area contributed by atoms with Crippen LogP contribution in [0.15, 0.2) is 24.3 Å². The van der Waals surface area contributed by atoms with E-state index >= 15 is 0 Å². The Morgan fingerprint density at radius 1 is 1.57 bits per heavy atom. The van der Waals surface area contributed by atoms with Crippen LogP contribution in [0.4, 0.5) is 4.39 Å². The second kappa shape index (κ2) is 3.75. The maximum absolute atomic E-state index is 13.1. The molecule has 74 valence electrons. The van der Waals surface area contributed by atoms with Crippen LogP contribution in [0.2, 0.25) is 0 Å². The molecule has 0 aromatic heterocycles. The number of rotatable bonds is 3. The summed E-state index contributed by atoms with van der Waals surface area (Å²) in [6.07, 6.45) is 0.116. The highest BCUT2D eigenvalue weighted by molar-refractivity contribution is 5.94. The molecule has 0 bridgehead atoms. The fourth-order valence-corrected chi connectivity index (χ4v) is 1.13. The Labute approximate surface area is 80.9 Å². The van der Waals surface area contributed by atoms with Gasteiger partial charge in [0.15, 0.2) is 0 Å². The van der Waals surface area contributed by atoms with Gasteiger partial charge in [-0.25, -0.2) is 4.39 Å².